The largest absolute Gasteiger partial charge is 0.333 e. The van der Waals surface area contributed by atoms with Gasteiger partial charge in [0.25, 0.3) is 5.91 Å². The molecule has 1 amide bonds. The zero-order valence-corrected chi connectivity index (χ0v) is 14.4. The molecule has 0 radical (unpaired) electrons. The molecule has 3 rings (SSSR count). The summed E-state index contributed by atoms with van der Waals surface area (Å²) in [6, 6.07) is 9.74. The summed E-state index contributed by atoms with van der Waals surface area (Å²) in [5.74, 6) is 0.0609. The predicted octanol–water partition coefficient (Wildman–Crippen LogP) is 4.92. The van der Waals surface area contributed by atoms with E-state index in [1.807, 2.05) is 64.5 Å². The molecule has 0 saturated heterocycles. The molecule has 0 spiro atoms. The number of halogens is 1. The van der Waals surface area contributed by atoms with E-state index in [9.17, 15) is 4.79 Å². The first kappa shape index (κ1) is 15.3. The Morgan fingerprint density at radius 3 is 2.68 bits per heavy atom. The molecule has 0 unspecified atom stereocenters. The Balaban J connectivity index is 1.84. The fraction of sp³-hybridized carbons (Fsp3) is 0.188. The van der Waals surface area contributed by atoms with Crippen molar-refractivity contribution >= 4 is 40.2 Å². The van der Waals surface area contributed by atoms with Crippen LogP contribution in [-0.2, 0) is 6.54 Å². The second-order valence-electron chi connectivity index (χ2n) is 4.75. The second kappa shape index (κ2) is 6.69. The van der Waals surface area contributed by atoms with E-state index in [0.717, 1.165) is 19.8 Å². The summed E-state index contributed by atoms with van der Waals surface area (Å²) in [4.78, 5) is 16.6. The Morgan fingerprint density at radius 2 is 2.05 bits per heavy atom. The monoisotopic (exact) mass is 350 g/mol. The molecule has 0 bridgehead atoms. The fourth-order valence-electron chi connectivity index (χ4n) is 2.26. The quantitative estimate of drug-likeness (QED) is 0.641. The Bertz CT molecular complexity index is 761. The average molecular weight is 351 g/mol. The van der Waals surface area contributed by atoms with Gasteiger partial charge in [0.2, 0.25) is 0 Å². The van der Waals surface area contributed by atoms with Crippen molar-refractivity contribution in [1.29, 1.82) is 0 Å². The number of rotatable bonds is 5. The smallest absolute Gasteiger partial charge is 0.266 e. The molecule has 0 N–H and O–H groups in total. The van der Waals surface area contributed by atoms with Crippen LogP contribution in [0.2, 0.25) is 4.34 Å². The van der Waals surface area contributed by atoms with Crippen LogP contribution in [0.5, 0.6) is 0 Å². The van der Waals surface area contributed by atoms with Crippen molar-refractivity contribution in [3.63, 3.8) is 0 Å². The highest BCUT2D eigenvalue weighted by atomic mass is 35.5. The Morgan fingerprint density at radius 1 is 1.27 bits per heavy atom. The van der Waals surface area contributed by atoms with Gasteiger partial charge in [0.05, 0.1) is 16.6 Å². The van der Waals surface area contributed by atoms with Crippen LogP contribution in [0.15, 0.2) is 48.1 Å². The molecule has 0 saturated carbocycles. The Kier molecular flexibility index (Phi) is 4.66. The van der Waals surface area contributed by atoms with Crippen LogP contribution < -0.4 is 0 Å². The van der Waals surface area contributed by atoms with Crippen LogP contribution in [-0.4, -0.2) is 21.9 Å². The number of nitrogens with zero attached hydrogens (tertiary/aromatic N) is 2. The minimum absolute atomic E-state index is 0.0609. The van der Waals surface area contributed by atoms with Gasteiger partial charge in [0.1, 0.15) is 4.88 Å². The average Bonchev–Trinajstić information content (AvgIpc) is 3.24. The number of hydrogen-bond donors (Lipinski definition) is 0. The topological polar surface area (TPSA) is 25.2 Å². The van der Waals surface area contributed by atoms with E-state index in [-0.39, 0.29) is 5.91 Å². The lowest BCUT2D eigenvalue weighted by Crippen LogP contribution is -2.30. The van der Waals surface area contributed by atoms with Crippen LogP contribution in [0, 0.1) is 0 Å². The van der Waals surface area contributed by atoms with Gasteiger partial charge in [-0.1, -0.05) is 11.6 Å². The minimum Gasteiger partial charge on any atom is -0.333 e. The molecule has 0 aliphatic carbocycles. The first-order valence-electron chi connectivity index (χ1n) is 6.93. The molecule has 3 aromatic heterocycles. The number of hydrogen-bond acceptors (Lipinski definition) is 3. The first-order valence-corrected chi connectivity index (χ1v) is 9.00. The van der Waals surface area contributed by atoms with Crippen LogP contribution in [0.25, 0.3) is 5.69 Å². The van der Waals surface area contributed by atoms with Gasteiger partial charge in [-0.05, 0) is 42.6 Å². The lowest BCUT2D eigenvalue weighted by Gasteiger charge is -2.20. The number of thiophene rings is 2. The molecule has 3 heterocycles. The van der Waals surface area contributed by atoms with E-state index in [1.165, 1.54) is 22.7 Å². The third kappa shape index (κ3) is 3.11. The highest BCUT2D eigenvalue weighted by molar-refractivity contribution is 7.16. The van der Waals surface area contributed by atoms with E-state index < -0.39 is 0 Å². The summed E-state index contributed by atoms with van der Waals surface area (Å²) >= 11 is 8.97. The van der Waals surface area contributed by atoms with Crippen LogP contribution in [0.1, 0.15) is 21.5 Å². The van der Waals surface area contributed by atoms with Crippen molar-refractivity contribution in [3.05, 3.63) is 62.2 Å². The van der Waals surface area contributed by atoms with Crippen molar-refractivity contribution in [2.75, 3.05) is 6.54 Å². The Hall–Kier alpha value is -1.56. The van der Waals surface area contributed by atoms with Gasteiger partial charge in [-0.25, -0.2) is 0 Å². The maximum Gasteiger partial charge on any atom is 0.266 e. The first-order chi connectivity index (χ1) is 10.7. The molecule has 0 aliphatic rings. The fourth-order valence-corrected chi connectivity index (χ4v) is 4.22. The number of aromatic nitrogens is 1. The van der Waals surface area contributed by atoms with Gasteiger partial charge < -0.3 is 9.47 Å². The highest BCUT2D eigenvalue weighted by Gasteiger charge is 2.20. The lowest BCUT2D eigenvalue weighted by molar-refractivity contribution is 0.0759. The van der Waals surface area contributed by atoms with Crippen molar-refractivity contribution < 1.29 is 4.79 Å². The highest BCUT2D eigenvalue weighted by Crippen LogP contribution is 2.26. The van der Waals surface area contributed by atoms with E-state index in [0.29, 0.717) is 13.1 Å². The van der Waals surface area contributed by atoms with Crippen LogP contribution >= 0.6 is 34.3 Å². The summed E-state index contributed by atoms with van der Waals surface area (Å²) in [7, 11) is 0. The van der Waals surface area contributed by atoms with Gasteiger partial charge in [0.15, 0.2) is 0 Å². The summed E-state index contributed by atoms with van der Waals surface area (Å²) in [6.07, 6.45) is 3.91. The minimum atomic E-state index is 0.0609. The molecular weight excluding hydrogens is 336 g/mol. The number of amides is 1. The molecule has 114 valence electrons. The van der Waals surface area contributed by atoms with Crippen molar-refractivity contribution in [3.8, 4) is 5.69 Å². The zero-order valence-electron chi connectivity index (χ0n) is 12.0. The SMILES string of the molecule is CCN(Cc1ccc(Cl)s1)C(=O)c1sccc1-n1cccc1. The summed E-state index contributed by atoms with van der Waals surface area (Å²) in [6.45, 7) is 3.25. The van der Waals surface area contributed by atoms with Crippen molar-refractivity contribution in [2.45, 2.75) is 13.5 Å². The molecule has 0 aliphatic heterocycles. The third-order valence-corrected chi connectivity index (χ3v) is 5.47. The van der Waals surface area contributed by atoms with Gasteiger partial charge in [-0.2, -0.15) is 0 Å². The summed E-state index contributed by atoms with van der Waals surface area (Å²) in [5.41, 5.74) is 0.933. The van der Waals surface area contributed by atoms with Crippen molar-refractivity contribution in [1.82, 2.24) is 9.47 Å². The maximum absolute atomic E-state index is 12.9. The molecule has 0 fully saturated rings. The number of carbonyl (C=O) groups is 1. The predicted molar refractivity (Wildman–Crippen MR) is 93.4 cm³/mol. The van der Waals surface area contributed by atoms with E-state index in [4.69, 9.17) is 11.6 Å². The molecule has 3 nitrogen and oxygen atoms in total. The van der Waals surface area contributed by atoms with Gasteiger partial charge in [-0.15, -0.1) is 22.7 Å². The standard InChI is InChI=1S/C16H15ClN2OS2/c1-2-18(11-12-5-6-14(17)22-12)16(20)15-13(7-10-21-15)19-8-3-4-9-19/h3-10H,2,11H2,1H3. The molecule has 0 atom stereocenters. The van der Waals surface area contributed by atoms with Crippen LogP contribution in [0.3, 0.4) is 0 Å². The van der Waals surface area contributed by atoms with Crippen molar-refractivity contribution in [2.24, 2.45) is 0 Å². The third-order valence-electron chi connectivity index (χ3n) is 3.37. The van der Waals surface area contributed by atoms with Gasteiger partial charge in [-0.3, -0.25) is 4.79 Å². The number of carbonyl (C=O) groups excluding carboxylic acids is 1. The summed E-state index contributed by atoms with van der Waals surface area (Å²) in [5, 5.41) is 1.96. The molecule has 22 heavy (non-hydrogen) atoms. The summed E-state index contributed by atoms with van der Waals surface area (Å²) < 4.78 is 2.72. The molecular formula is C16H15ClN2OS2. The Labute approximate surface area is 142 Å². The van der Waals surface area contributed by atoms with Crippen LogP contribution in [0.4, 0.5) is 0 Å². The lowest BCUT2D eigenvalue weighted by atomic mass is 10.3. The zero-order chi connectivity index (χ0) is 15.5. The molecule has 0 aromatic carbocycles. The normalized spacial score (nSPS) is 10.8. The van der Waals surface area contributed by atoms with Gasteiger partial charge in [0, 0.05) is 23.8 Å². The van der Waals surface area contributed by atoms with Gasteiger partial charge >= 0.3 is 0 Å². The molecule has 3 aromatic rings. The van der Waals surface area contributed by atoms with E-state index >= 15 is 0 Å². The second-order valence-corrected chi connectivity index (χ2v) is 7.47. The van der Waals surface area contributed by atoms with E-state index in [2.05, 4.69) is 0 Å². The maximum atomic E-state index is 12.9. The van der Waals surface area contributed by atoms with E-state index in [1.54, 1.807) is 0 Å². The molecule has 6 heteroatoms.